The first-order valence-electron chi connectivity index (χ1n) is 13.7. The number of ether oxygens (including phenoxy) is 1. The molecule has 0 aliphatic heterocycles. The number of nitrogens with one attached hydrogen (secondary N) is 2. The molecule has 1 aliphatic rings. The molecule has 0 radical (unpaired) electrons. The van der Waals surface area contributed by atoms with Gasteiger partial charge < -0.3 is 15.0 Å². The van der Waals surface area contributed by atoms with E-state index in [4.69, 9.17) is 21.3 Å². The van der Waals surface area contributed by atoms with Gasteiger partial charge in [0.05, 0.1) is 17.6 Å². The van der Waals surface area contributed by atoms with Crippen molar-refractivity contribution < 1.29 is 13.2 Å². The molecule has 2 N–H and O–H groups in total. The number of halogens is 1. The number of aromatic nitrogens is 3. The molecule has 2 heterocycles. The molecule has 0 unspecified atom stereocenters. The Morgan fingerprint density at radius 1 is 1.05 bits per heavy atom. The number of hydrogen-bond acceptors (Lipinski definition) is 8. The van der Waals surface area contributed by atoms with E-state index in [1.165, 1.54) is 19.2 Å². The lowest BCUT2D eigenvalue weighted by Gasteiger charge is -2.32. The van der Waals surface area contributed by atoms with Gasteiger partial charge in [-0.15, -0.1) is 0 Å². The first kappa shape index (κ1) is 29.0. The van der Waals surface area contributed by atoms with E-state index in [0.29, 0.717) is 23.9 Å². The van der Waals surface area contributed by atoms with E-state index in [1.54, 1.807) is 24.3 Å². The summed E-state index contributed by atoms with van der Waals surface area (Å²) in [5, 5.41) is 4.59. The molecule has 2 aromatic heterocycles. The SMILES string of the molecule is CCc1cc(-c2ccc(NS(=O)(=O)c3ccccc3Cl)nc2OC)cc2cnc(N[C@H]3CC[C@@H](N(C)C)CC3)nc12. The topological polar surface area (TPSA) is 109 Å². The number of benzene rings is 2. The summed E-state index contributed by atoms with van der Waals surface area (Å²) in [7, 11) is 1.87. The number of nitrogens with zero attached hydrogens (tertiary/aromatic N) is 4. The van der Waals surface area contributed by atoms with Gasteiger partial charge in [-0.1, -0.05) is 30.7 Å². The minimum atomic E-state index is -3.93. The molecule has 9 nitrogen and oxygen atoms in total. The van der Waals surface area contributed by atoms with Crippen molar-refractivity contribution in [1.29, 1.82) is 0 Å². The Morgan fingerprint density at radius 3 is 2.49 bits per heavy atom. The van der Waals surface area contributed by atoms with Crippen LogP contribution >= 0.6 is 11.6 Å². The van der Waals surface area contributed by atoms with Crippen molar-refractivity contribution in [3.63, 3.8) is 0 Å². The standard InChI is InChI=1S/C30H35ClN6O3S/c1-5-19-16-20(17-21-18-32-30(35-28(19)21)33-22-10-12-23(13-11-22)37(2)3)24-14-15-27(34-29(24)40-4)36-41(38,39)26-9-7-6-8-25(26)31/h6-9,14-18,22-23H,5,10-13H2,1-4H3,(H,34,36)(H,32,33,35)/t22-,23+. The largest absolute Gasteiger partial charge is 0.480 e. The van der Waals surface area contributed by atoms with Crippen molar-refractivity contribution >= 4 is 44.3 Å². The molecule has 2 aromatic carbocycles. The summed E-state index contributed by atoms with van der Waals surface area (Å²) in [6.07, 6.45) is 7.16. The summed E-state index contributed by atoms with van der Waals surface area (Å²) in [5.41, 5.74) is 3.59. The Bertz CT molecular complexity index is 1660. The van der Waals surface area contributed by atoms with Gasteiger partial charge in [-0.2, -0.15) is 4.98 Å². The van der Waals surface area contributed by atoms with Crippen molar-refractivity contribution in [3.8, 4) is 17.0 Å². The van der Waals surface area contributed by atoms with Crippen LogP contribution in [0.15, 0.2) is 59.6 Å². The second-order valence-electron chi connectivity index (χ2n) is 10.5. The third kappa shape index (κ3) is 6.39. The minimum Gasteiger partial charge on any atom is -0.480 e. The number of sulfonamides is 1. The predicted molar refractivity (Wildman–Crippen MR) is 164 cm³/mol. The normalized spacial score (nSPS) is 17.5. The van der Waals surface area contributed by atoms with Gasteiger partial charge in [-0.05, 0) is 93.7 Å². The average Bonchev–Trinajstić information content (AvgIpc) is 2.96. The lowest BCUT2D eigenvalue weighted by Crippen LogP contribution is -2.36. The van der Waals surface area contributed by atoms with Crippen LogP contribution in [-0.4, -0.2) is 61.6 Å². The van der Waals surface area contributed by atoms with Crippen molar-refractivity contribution in [2.45, 2.75) is 56.0 Å². The molecular weight excluding hydrogens is 560 g/mol. The molecule has 0 spiro atoms. The highest BCUT2D eigenvalue weighted by Crippen LogP contribution is 2.34. The summed E-state index contributed by atoms with van der Waals surface area (Å²) in [6.45, 7) is 2.10. The van der Waals surface area contributed by atoms with E-state index in [9.17, 15) is 8.42 Å². The molecule has 5 rings (SSSR count). The number of pyridine rings is 1. The fourth-order valence-corrected chi connectivity index (χ4v) is 6.88. The quantitative estimate of drug-likeness (QED) is 0.243. The molecule has 1 saturated carbocycles. The second kappa shape index (κ2) is 12.2. The van der Waals surface area contributed by atoms with Crippen molar-refractivity contribution in [3.05, 3.63) is 65.3 Å². The van der Waals surface area contributed by atoms with Crippen LogP contribution in [0.3, 0.4) is 0 Å². The number of anilines is 2. The van der Waals surface area contributed by atoms with Crippen molar-refractivity contribution in [1.82, 2.24) is 19.9 Å². The van der Waals surface area contributed by atoms with Gasteiger partial charge in [0.1, 0.15) is 10.7 Å². The Hall–Kier alpha value is -3.47. The van der Waals surface area contributed by atoms with Crippen LogP contribution in [0.25, 0.3) is 22.0 Å². The van der Waals surface area contributed by atoms with E-state index in [0.717, 1.165) is 59.7 Å². The molecule has 1 fully saturated rings. The van der Waals surface area contributed by atoms with Gasteiger partial charge in [0.15, 0.2) is 0 Å². The Balaban J connectivity index is 1.40. The van der Waals surface area contributed by atoms with Gasteiger partial charge in [-0.3, -0.25) is 4.72 Å². The van der Waals surface area contributed by atoms with E-state index in [2.05, 4.69) is 52.0 Å². The highest BCUT2D eigenvalue weighted by Gasteiger charge is 2.23. The molecule has 0 amide bonds. The van der Waals surface area contributed by atoms with Crippen molar-refractivity contribution in [2.75, 3.05) is 31.2 Å². The lowest BCUT2D eigenvalue weighted by molar-refractivity contribution is 0.221. The summed E-state index contributed by atoms with van der Waals surface area (Å²) in [4.78, 5) is 16.3. The number of aryl methyl sites for hydroxylation is 1. The molecular formula is C30H35ClN6O3S. The highest BCUT2D eigenvalue weighted by molar-refractivity contribution is 7.92. The third-order valence-corrected chi connectivity index (χ3v) is 9.49. The zero-order valence-corrected chi connectivity index (χ0v) is 25.3. The summed E-state index contributed by atoms with van der Waals surface area (Å²) in [6, 6.07) is 14.7. The maximum atomic E-state index is 12.9. The number of methoxy groups -OCH3 is 1. The van der Waals surface area contributed by atoms with Gasteiger partial charge in [0.2, 0.25) is 11.8 Å². The van der Waals surface area contributed by atoms with Crippen LogP contribution in [0, 0.1) is 0 Å². The summed E-state index contributed by atoms with van der Waals surface area (Å²) >= 11 is 6.11. The molecule has 216 valence electrons. The van der Waals surface area contributed by atoms with E-state index < -0.39 is 10.0 Å². The molecule has 41 heavy (non-hydrogen) atoms. The van der Waals surface area contributed by atoms with Crippen molar-refractivity contribution in [2.24, 2.45) is 0 Å². The van der Waals surface area contributed by atoms with Gasteiger partial charge in [-0.25, -0.2) is 18.4 Å². The minimum absolute atomic E-state index is 0.0243. The van der Waals surface area contributed by atoms with Crippen LogP contribution in [0.1, 0.15) is 38.2 Å². The zero-order chi connectivity index (χ0) is 29.1. The monoisotopic (exact) mass is 594 g/mol. The fraction of sp³-hybridized carbons (Fsp3) is 0.367. The summed E-state index contributed by atoms with van der Waals surface area (Å²) in [5.74, 6) is 1.07. The first-order chi connectivity index (χ1) is 19.7. The smallest absolute Gasteiger partial charge is 0.264 e. The van der Waals surface area contributed by atoms with Crippen LogP contribution in [0.4, 0.5) is 11.8 Å². The highest BCUT2D eigenvalue weighted by atomic mass is 35.5. The fourth-order valence-electron chi connectivity index (χ4n) is 5.36. The number of hydrogen-bond donors (Lipinski definition) is 2. The predicted octanol–water partition coefficient (Wildman–Crippen LogP) is 6.00. The van der Waals surface area contributed by atoms with Gasteiger partial charge in [0, 0.05) is 29.2 Å². The Morgan fingerprint density at radius 2 is 1.80 bits per heavy atom. The molecule has 0 atom stereocenters. The van der Waals surface area contributed by atoms with Crippen LogP contribution in [0.5, 0.6) is 5.88 Å². The zero-order valence-electron chi connectivity index (χ0n) is 23.7. The molecule has 11 heteroatoms. The average molecular weight is 595 g/mol. The second-order valence-corrected chi connectivity index (χ2v) is 12.6. The number of fused-ring (bicyclic) bond motifs is 1. The molecule has 4 aromatic rings. The van der Waals surface area contributed by atoms with E-state index in [-0.39, 0.29) is 15.7 Å². The molecule has 1 aliphatic carbocycles. The van der Waals surface area contributed by atoms with E-state index >= 15 is 0 Å². The van der Waals surface area contributed by atoms with Gasteiger partial charge >= 0.3 is 0 Å². The van der Waals surface area contributed by atoms with Gasteiger partial charge in [0.25, 0.3) is 10.0 Å². The third-order valence-electron chi connectivity index (χ3n) is 7.63. The maximum Gasteiger partial charge on any atom is 0.264 e. The van der Waals surface area contributed by atoms with Crippen LogP contribution in [0.2, 0.25) is 5.02 Å². The van der Waals surface area contributed by atoms with Crippen LogP contribution in [-0.2, 0) is 16.4 Å². The van der Waals surface area contributed by atoms with E-state index in [1.807, 2.05) is 12.3 Å². The first-order valence-corrected chi connectivity index (χ1v) is 15.6. The Labute approximate surface area is 246 Å². The molecule has 0 saturated heterocycles. The maximum absolute atomic E-state index is 12.9. The number of rotatable bonds is 9. The summed E-state index contributed by atoms with van der Waals surface area (Å²) < 4.78 is 33.9. The van der Waals surface area contributed by atoms with Crippen LogP contribution < -0.4 is 14.8 Å². The lowest BCUT2D eigenvalue weighted by atomic mass is 9.90. The molecule has 0 bridgehead atoms. The Kier molecular flexibility index (Phi) is 8.63.